The summed E-state index contributed by atoms with van der Waals surface area (Å²) >= 11 is 0. The lowest BCUT2D eigenvalue weighted by atomic mass is 10.1. The Bertz CT molecular complexity index is 331. The smallest absolute Gasteiger partial charge is 0.320 e. The fourth-order valence-corrected chi connectivity index (χ4v) is 2.09. The van der Waals surface area contributed by atoms with Crippen LogP contribution in [0.1, 0.15) is 27.2 Å². The minimum atomic E-state index is -0.875. The summed E-state index contributed by atoms with van der Waals surface area (Å²) in [5.41, 5.74) is -0.365. The first kappa shape index (κ1) is 15.8. The number of carboxylic acids is 1. The molecule has 0 aromatic heterocycles. The summed E-state index contributed by atoms with van der Waals surface area (Å²) in [6, 6.07) is -0.0538. The van der Waals surface area contributed by atoms with Gasteiger partial charge in [-0.3, -0.25) is 4.79 Å². The van der Waals surface area contributed by atoms with E-state index in [0.717, 1.165) is 13.1 Å². The highest BCUT2D eigenvalue weighted by molar-refractivity contribution is 5.76. The van der Waals surface area contributed by atoms with Crippen molar-refractivity contribution in [2.45, 2.75) is 32.7 Å². The van der Waals surface area contributed by atoms with E-state index < -0.39 is 5.97 Å². The Morgan fingerprint density at radius 2 is 1.68 bits per heavy atom. The largest absolute Gasteiger partial charge is 0.481 e. The average molecular weight is 271 g/mol. The summed E-state index contributed by atoms with van der Waals surface area (Å²) in [5.74, 6) is -0.875. The first-order chi connectivity index (χ1) is 8.71. The number of hydrogen-bond donors (Lipinski definition) is 1. The van der Waals surface area contributed by atoms with E-state index >= 15 is 0 Å². The van der Waals surface area contributed by atoms with Crippen molar-refractivity contribution in [3.8, 4) is 0 Å². The van der Waals surface area contributed by atoms with Gasteiger partial charge >= 0.3 is 12.0 Å². The van der Waals surface area contributed by atoms with Crippen LogP contribution in [-0.2, 0) is 4.79 Å². The molecule has 1 heterocycles. The molecule has 1 fully saturated rings. The Labute approximate surface area is 115 Å². The molecule has 0 bridgehead atoms. The van der Waals surface area contributed by atoms with E-state index in [2.05, 4.69) is 4.90 Å². The monoisotopic (exact) mass is 271 g/mol. The van der Waals surface area contributed by atoms with E-state index in [1.807, 2.05) is 32.7 Å². The second kappa shape index (κ2) is 6.23. The van der Waals surface area contributed by atoms with Gasteiger partial charge in [0.2, 0.25) is 0 Å². The third-order valence-electron chi connectivity index (χ3n) is 3.36. The number of carbonyl (C=O) groups is 2. The van der Waals surface area contributed by atoms with Crippen molar-refractivity contribution in [2.75, 3.05) is 39.8 Å². The molecule has 0 spiro atoms. The number of urea groups is 1. The van der Waals surface area contributed by atoms with Crippen LogP contribution in [0.5, 0.6) is 0 Å². The average Bonchev–Trinajstić information content (AvgIpc) is 2.27. The molecule has 0 aromatic carbocycles. The Morgan fingerprint density at radius 3 is 2.11 bits per heavy atom. The minimum Gasteiger partial charge on any atom is -0.481 e. The number of aliphatic carboxylic acids is 1. The number of likely N-dealkylation sites (N-methyl/N-ethyl adjacent to an activating group) is 1. The van der Waals surface area contributed by atoms with Crippen LogP contribution in [-0.4, -0.2) is 77.1 Å². The fraction of sp³-hybridized carbons (Fsp3) is 0.846. The van der Waals surface area contributed by atoms with Crippen LogP contribution >= 0.6 is 0 Å². The first-order valence-electron chi connectivity index (χ1n) is 6.68. The predicted molar refractivity (Wildman–Crippen MR) is 73.2 cm³/mol. The Hall–Kier alpha value is -1.30. The third kappa shape index (κ3) is 4.70. The van der Waals surface area contributed by atoms with Crippen molar-refractivity contribution in [1.82, 2.24) is 14.7 Å². The molecule has 0 unspecified atom stereocenters. The quantitative estimate of drug-likeness (QED) is 0.829. The van der Waals surface area contributed by atoms with Gasteiger partial charge < -0.3 is 19.8 Å². The molecule has 6 nitrogen and oxygen atoms in total. The highest BCUT2D eigenvalue weighted by Gasteiger charge is 2.31. The van der Waals surface area contributed by atoms with Crippen LogP contribution < -0.4 is 0 Å². The van der Waals surface area contributed by atoms with E-state index in [9.17, 15) is 9.59 Å². The standard InChI is InChI=1S/C13H25N3O3/c1-13(2,3)16(6-5-11(17)18)12(19)15-9-7-14(4)8-10-15/h5-10H2,1-4H3,(H,17,18). The van der Waals surface area contributed by atoms with E-state index in [0.29, 0.717) is 13.1 Å². The molecule has 1 N–H and O–H groups in total. The molecular formula is C13H25N3O3. The zero-order valence-corrected chi connectivity index (χ0v) is 12.3. The predicted octanol–water partition coefficient (Wildman–Crippen LogP) is 0.929. The van der Waals surface area contributed by atoms with Gasteiger partial charge in [0, 0.05) is 38.3 Å². The molecule has 6 heteroatoms. The number of hydrogen-bond acceptors (Lipinski definition) is 3. The van der Waals surface area contributed by atoms with Gasteiger partial charge in [-0.1, -0.05) is 0 Å². The zero-order valence-electron chi connectivity index (χ0n) is 12.3. The molecule has 19 heavy (non-hydrogen) atoms. The van der Waals surface area contributed by atoms with Gasteiger partial charge in [0.1, 0.15) is 0 Å². The summed E-state index contributed by atoms with van der Waals surface area (Å²) in [5, 5.41) is 8.80. The van der Waals surface area contributed by atoms with Crippen molar-refractivity contribution in [2.24, 2.45) is 0 Å². The molecule has 0 aliphatic carbocycles. The topological polar surface area (TPSA) is 64.1 Å². The van der Waals surface area contributed by atoms with Gasteiger partial charge in [0.25, 0.3) is 0 Å². The summed E-state index contributed by atoms with van der Waals surface area (Å²) in [6.07, 6.45) is -0.0171. The minimum absolute atomic E-state index is 0.0171. The molecule has 2 amide bonds. The van der Waals surface area contributed by atoms with Gasteiger partial charge in [0.15, 0.2) is 0 Å². The molecule has 0 saturated carbocycles. The number of piperazine rings is 1. The lowest BCUT2D eigenvalue weighted by Gasteiger charge is -2.41. The summed E-state index contributed by atoms with van der Waals surface area (Å²) in [7, 11) is 2.04. The Balaban J connectivity index is 2.68. The molecule has 0 radical (unpaired) electrons. The van der Waals surface area contributed by atoms with E-state index in [1.54, 1.807) is 4.90 Å². The van der Waals surface area contributed by atoms with Crippen LogP contribution in [0, 0.1) is 0 Å². The molecule has 1 aliphatic rings. The van der Waals surface area contributed by atoms with Crippen molar-refractivity contribution in [3.63, 3.8) is 0 Å². The maximum atomic E-state index is 12.5. The normalized spacial score (nSPS) is 17.4. The van der Waals surface area contributed by atoms with E-state index in [4.69, 9.17) is 5.11 Å². The van der Waals surface area contributed by atoms with Gasteiger partial charge in [-0.25, -0.2) is 4.79 Å². The number of rotatable bonds is 3. The highest BCUT2D eigenvalue weighted by atomic mass is 16.4. The van der Waals surface area contributed by atoms with Crippen molar-refractivity contribution < 1.29 is 14.7 Å². The zero-order chi connectivity index (χ0) is 14.6. The lowest BCUT2D eigenvalue weighted by molar-refractivity contribution is -0.137. The molecule has 1 aliphatic heterocycles. The number of nitrogens with zero attached hydrogens (tertiary/aromatic N) is 3. The van der Waals surface area contributed by atoms with Crippen molar-refractivity contribution in [1.29, 1.82) is 0 Å². The SMILES string of the molecule is CN1CCN(C(=O)N(CCC(=O)O)C(C)(C)C)CC1. The van der Waals surface area contributed by atoms with Crippen LogP contribution in [0.3, 0.4) is 0 Å². The molecule has 0 aromatic rings. The second-order valence-corrected chi connectivity index (χ2v) is 6.04. The van der Waals surface area contributed by atoms with Gasteiger partial charge in [-0.15, -0.1) is 0 Å². The van der Waals surface area contributed by atoms with E-state index in [1.165, 1.54) is 0 Å². The number of carbonyl (C=O) groups excluding carboxylic acids is 1. The number of carboxylic acid groups (broad SMARTS) is 1. The van der Waals surface area contributed by atoms with Gasteiger partial charge in [-0.05, 0) is 27.8 Å². The third-order valence-corrected chi connectivity index (χ3v) is 3.36. The number of amides is 2. The summed E-state index contributed by atoms with van der Waals surface area (Å²) in [6.45, 7) is 9.19. The van der Waals surface area contributed by atoms with Crippen LogP contribution in [0.25, 0.3) is 0 Å². The first-order valence-corrected chi connectivity index (χ1v) is 6.68. The molecule has 0 atom stereocenters. The Morgan fingerprint density at radius 1 is 1.16 bits per heavy atom. The molecule has 110 valence electrons. The second-order valence-electron chi connectivity index (χ2n) is 6.04. The summed E-state index contributed by atoms with van der Waals surface area (Å²) in [4.78, 5) is 28.9. The van der Waals surface area contributed by atoms with Crippen LogP contribution in [0.2, 0.25) is 0 Å². The highest BCUT2D eigenvalue weighted by Crippen LogP contribution is 2.17. The van der Waals surface area contributed by atoms with E-state index in [-0.39, 0.29) is 24.5 Å². The lowest BCUT2D eigenvalue weighted by Crippen LogP contribution is -2.56. The van der Waals surface area contributed by atoms with Crippen LogP contribution in [0.15, 0.2) is 0 Å². The van der Waals surface area contributed by atoms with Crippen molar-refractivity contribution in [3.05, 3.63) is 0 Å². The summed E-state index contributed by atoms with van der Waals surface area (Å²) < 4.78 is 0. The van der Waals surface area contributed by atoms with Gasteiger partial charge in [0.05, 0.1) is 6.42 Å². The maximum absolute atomic E-state index is 12.5. The molecule has 1 saturated heterocycles. The van der Waals surface area contributed by atoms with Gasteiger partial charge in [-0.2, -0.15) is 0 Å². The fourth-order valence-electron chi connectivity index (χ4n) is 2.09. The molecule has 1 rings (SSSR count). The van der Waals surface area contributed by atoms with Crippen molar-refractivity contribution >= 4 is 12.0 Å². The molecular weight excluding hydrogens is 246 g/mol. The Kier molecular flexibility index (Phi) is 5.17. The van der Waals surface area contributed by atoms with Crippen LogP contribution in [0.4, 0.5) is 4.79 Å². The maximum Gasteiger partial charge on any atom is 0.320 e.